The van der Waals surface area contributed by atoms with Crippen LogP contribution in [0.1, 0.15) is 21.9 Å². The Morgan fingerprint density at radius 2 is 1.79 bits per heavy atom. The number of halogens is 2. The number of methoxy groups -OCH3 is 1. The Bertz CT molecular complexity index is 1040. The first-order valence-electron chi connectivity index (χ1n) is 8.39. The molecule has 0 saturated carbocycles. The second kappa shape index (κ2) is 7.99. The van der Waals surface area contributed by atoms with Crippen LogP contribution in [0.25, 0.3) is 0 Å². The lowest BCUT2D eigenvalue weighted by atomic mass is 10.2. The van der Waals surface area contributed by atoms with E-state index in [-0.39, 0.29) is 11.5 Å². The zero-order valence-corrected chi connectivity index (χ0v) is 15.5. The molecule has 28 heavy (non-hydrogen) atoms. The highest BCUT2D eigenvalue weighted by molar-refractivity contribution is 6.04. The molecule has 0 bridgehead atoms. The number of hydrogen-bond acceptors (Lipinski definition) is 5. The van der Waals surface area contributed by atoms with Gasteiger partial charge in [0.25, 0.3) is 5.91 Å². The predicted molar refractivity (Wildman–Crippen MR) is 102 cm³/mol. The average Bonchev–Trinajstić information content (AvgIpc) is 2.64. The van der Waals surface area contributed by atoms with Gasteiger partial charge in [0.2, 0.25) is 0 Å². The van der Waals surface area contributed by atoms with Gasteiger partial charge < -0.3 is 15.4 Å². The number of ether oxygens (including phenoxy) is 1. The first-order chi connectivity index (χ1) is 13.4. The molecule has 0 spiro atoms. The van der Waals surface area contributed by atoms with E-state index in [1.165, 1.54) is 19.2 Å². The van der Waals surface area contributed by atoms with E-state index in [2.05, 4.69) is 20.6 Å². The molecule has 0 saturated heterocycles. The number of aryl methyl sites for hydroxylation is 2. The molecule has 0 fully saturated rings. The normalized spacial score (nSPS) is 10.5. The standard InChI is InChI=1S/C20H18F2N4O2/c1-11-4-7-18(28-3)16(8-11)26-20(27)17-10-19(24-12(2)23-17)25-13-5-6-14(21)15(22)9-13/h4-10H,1-3H3,(H,26,27)(H,23,24,25). The van der Waals surface area contributed by atoms with Gasteiger partial charge in [-0.3, -0.25) is 4.79 Å². The number of carbonyl (C=O) groups is 1. The summed E-state index contributed by atoms with van der Waals surface area (Å²) in [4.78, 5) is 21.0. The summed E-state index contributed by atoms with van der Waals surface area (Å²) in [6.45, 7) is 3.52. The van der Waals surface area contributed by atoms with E-state index in [0.29, 0.717) is 22.9 Å². The third-order valence-electron chi connectivity index (χ3n) is 3.87. The highest BCUT2D eigenvalue weighted by Gasteiger charge is 2.14. The van der Waals surface area contributed by atoms with Crippen LogP contribution in [0.15, 0.2) is 42.5 Å². The zero-order chi connectivity index (χ0) is 20.3. The highest BCUT2D eigenvalue weighted by Crippen LogP contribution is 2.26. The summed E-state index contributed by atoms with van der Waals surface area (Å²) < 4.78 is 31.7. The van der Waals surface area contributed by atoms with Crippen molar-refractivity contribution in [1.82, 2.24) is 9.97 Å². The topological polar surface area (TPSA) is 76.1 Å². The number of amides is 1. The van der Waals surface area contributed by atoms with Crippen molar-refractivity contribution in [2.45, 2.75) is 13.8 Å². The van der Waals surface area contributed by atoms with Crippen molar-refractivity contribution in [1.29, 1.82) is 0 Å². The molecule has 0 aliphatic carbocycles. The molecule has 3 aromatic rings. The molecule has 0 atom stereocenters. The van der Waals surface area contributed by atoms with E-state index in [0.717, 1.165) is 17.7 Å². The van der Waals surface area contributed by atoms with Crippen LogP contribution < -0.4 is 15.4 Å². The second-order valence-electron chi connectivity index (χ2n) is 6.10. The first kappa shape index (κ1) is 19.2. The molecule has 0 aliphatic rings. The van der Waals surface area contributed by atoms with Crippen molar-refractivity contribution < 1.29 is 18.3 Å². The summed E-state index contributed by atoms with van der Waals surface area (Å²) in [5.74, 6) is -1.25. The molecule has 3 rings (SSSR count). The minimum Gasteiger partial charge on any atom is -0.495 e. The van der Waals surface area contributed by atoms with Gasteiger partial charge in [0.05, 0.1) is 12.8 Å². The molecule has 1 heterocycles. The van der Waals surface area contributed by atoms with Crippen molar-refractivity contribution in [3.05, 3.63) is 71.2 Å². The van der Waals surface area contributed by atoms with Gasteiger partial charge in [0.1, 0.15) is 23.1 Å². The van der Waals surface area contributed by atoms with Crippen LogP contribution in [0.2, 0.25) is 0 Å². The number of nitrogens with one attached hydrogen (secondary N) is 2. The predicted octanol–water partition coefficient (Wildman–Crippen LogP) is 4.38. The summed E-state index contributed by atoms with van der Waals surface area (Å²) in [6, 6.07) is 10.2. The average molecular weight is 384 g/mol. The number of aromatic nitrogens is 2. The number of carbonyl (C=O) groups excluding carboxylic acids is 1. The minimum atomic E-state index is -0.986. The van der Waals surface area contributed by atoms with Gasteiger partial charge in [0.15, 0.2) is 11.6 Å². The maximum atomic E-state index is 13.4. The number of anilines is 3. The fraction of sp³-hybridized carbons (Fsp3) is 0.150. The molecule has 0 aliphatic heterocycles. The van der Waals surface area contributed by atoms with Crippen LogP contribution in [0.4, 0.5) is 26.0 Å². The lowest BCUT2D eigenvalue weighted by molar-refractivity contribution is 0.102. The summed E-state index contributed by atoms with van der Waals surface area (Å²) >= 11 is 0. The fourth-order valence-electron chi connectivity index (χ4n) is 2.58. The summed E-state index contributed by atoms with van der Waals surface area (Å²) in [6.07, 6.45) is 0. The monoisotopic (exact) mass is 384 g/mol. The third-order valence-corrected chi connectivity index (χ3v) is 3.87. The van der Waals surface area contributed by atoms with E-state index in [1.54, 1.807) is 19.1 Å². The fourth-order valence-corrected chi connectivity index (χ4v) is 2.58. The summed E-state index contributed by atoms with van der Waals surface area (Å²) in [7, 11) is 1.51. The summed E-state index contributed by atoms with van der Waals surface area (Å²) in [5.41, 5.74) is 1.87. The van der Waals surface area contributed by atoms with Gasteiger partial charge in [0, 0.05) is 17.8 Å². The molecule has 2 N–H and O–H groups in total. The Hall–Kier alpha value is -3.55. The molecular weight excluding hydrogens is 366 g/mol. The maximum absolute atomic E-state index is 13.4. The van der Waals surface area contributed by atoms with Gasteiger partial charge in [-0.25, -0.2) is 18.7 Å². The number of rotatable bonds is 5. The number of hydrogen-bond donors (Lipinski definition) is 2. The lowest BCUT2D eigenvalue weighted by Gasteiger charge is -2.12. The van der Waals surface area contributed by atoms with Crippen molar-refractivity contribution in [3.8, 4) is 5.75 Å². The Morgan fingerprint density at radius 3 is 2.50 bits per heavy atom. The Morgan fingerprint density at radius 1 is 1.00 bits per heavy atom. The van der Waals surface area contributed by atoms with Gasteiger partial charge in [-0.05, 0) is 43.7 Å². The molecule has 144 valence electrons. The molecule has 0 radical (unpaired) electrons. The minimum absolute atomic E-state index is 0.112. The molecule has 1 aromatic heterocycles. The first-order valence-corrected chi connectivity index (χ1v) is 8.39. The van der Waals surface area contributed by atoms with E-state index >= 15 is 0 Å². The van der Waals surface area contributed by atoms with Crippen molar-refractivity contribution in [2.24, 2.45) is 0 Å². The van der Waals surface area contributed by atoms with E-state index in [1.807, 2.05) is 13.0 Å². The van der Waals surface area contributed by atoms with Crippen LogP contribution in [0.5, 0.6) is 5.75 Å². The van der Waals surface area contributed by atoms with Crippen molar-refractivity contribution in [2.75, 3.05) is 17.7 Å². The van der Waals surface area contributed by atoms with Gasteiger partial charge in [-0.1, -0.05) is 6.07 Å². The molecule has 6 nitrogen and oxygen atoms in total. The van der Waals surface area contributed by atoms with E-state index in [9.17, 15) is 13.6 Å². The largest absolute Gasteiger partial charge is 0.495 e. The van der Waals surface area contributed by atoms with Crippen LogP contribution in [-0.2, 0) is 0 Å². The Labute approximate surface area is 160 Å². The quantitative estimate of drug-likeness (QED) is 0.683. The summed E-state index contributed by atoms with van der Waals surface area (Å²) in [5, 5.41) is 5.60. The molecular formula is C20H18F2N4O2. The van der Waals surface area contributed by atoms with Gasteiger partial charge in [-0.2, -0.15) is 0 Å². The number of benzene rings is 2. The molecule has 1 amide bonds. The van der Waals surface area contributed by atoms with Gasteiger partial charge in [-0.15, -0.1) is 0 Å². The van der Waals surface area contributed by atoms with Gasteiger partial charge >= 0.3 is 0 Å². The van der Waals surface area contributed by atoms with Crippen LogP contribution >= 0.6 is 0 Å². The molecule has 2 aromatic carbocycles. The molecule has 0 unspecified atom stereocenters. The number of nitrogens with zero attached hydrogens (tertiary/aromatic N) is 2. The Kier molecular flexibility index (Phi) is 5.49. The van der Waals surface area contributed by atoms with Crippen molar-refractivity contribution in [3.63, 3.8) is 0 Å². The van der Waals surface area contributed by atoms with E-state index in [4.69, 9.17) is 4.74 Å². The molecule has 8 heteroatoms. The van der Waals surface area contributed by atoms with Crippen LogP contribution in [0.3, 0.4) is 0 Å². The smallest absolute Gasteiger partial charge is 0.274 e. The van der Waals surface area contributed by atoms with E-state index < -0.39 is 17.5 Å². The zero-order valence-electron chi connectivity index (χ0n) is 15.5. The van der Waals surface area contributed by atoms with Crippen LogP contribution in [-0.4, -0.2) is 23.0 Å². The SMILES string of the molecule is COc1ccc(C)cc1NC(=O)c1cc(Nc2ccc(F)c(F)c2)nc(C)n1. The lowest BCUT2D eigenvalue weighted by Crippen LogP contribution is -2.16. The third kappa shape index (κ3) is 4.40. The highest BCUT2D eigenvalue weighted by atomic mass is 19.2. The maximum Gasteiger partial charge on any atom is 0.274 e. The van der Waals surface area contributed by atoms with Crippen molar-refractivity contribution >= 4 is 23.1 Å². The second-order valence-corrected chi connectivity index (χ2v) is 6.10. The van der Waals surface area contributed by atoms with Crippen LogP contribution in [0, 0.1) is 25.5 Å². The Balaban J connectivity index is 1.85.